The third kappa shape index (κ3) is 5.18. The molecule has 0 bridgehead atoms. The summed E-state index contributed by atoms with van der Waals surface area (Å²) in [6.07, 6.45) is 0. The number of benzene rings is 1. The second-order valence-electron chi connectivity index (χ2n) is 5.18. The van der Waals surface area contributed by atoms with Gasteiger partial charge in [0.25, 0.3) is 5.91 Å². The van der Waals surface area contributed by atoms with Crippen molar-refractivity contribution in [3.63, 3.8) is 0 Å². The van der Waals surface area contributed by atoms with E-state index in [0.29, 0.717) is 5.02 Å². The number of amides is 1. The summed E-state index contributed by atoms with van der Waals surface area (Å²) < 4.78 is 9.06. The van der Waals surface area contributed by atoms with Gasteiger partial charge in [0.2, 0.25) is 0 Å². The van der Waals surface area contributed by atoms with Crippen molar-refractivity contribution in [2.45, 2.75) is 13.0 Å². The van der Waals surface area contributed by atoms with E-state index >= 15 is 0 Å². The third-order valence-corrected chi connectivity index (χ3v) is 3.87. The fourth-order valence-electron chi connectivity index (χ4n) is 2.22. The molecule has 2 N–H and O–H groups in total. The first-order valence-corrected chi connectivity index (χ1v) is 7.55. The summed E-state index contributed by atoms with van der Waals surface area (Å²) in [5.41, 5.74) is 0.176. The predicted molar refractivity (Wildman–Crippen MR) is 87.0 cm³/mol. The fourth-order valence-corrected chi connectivity index (χ4v) is 2.34. The molecule has 0 saturated heterocycles. The highest BCUT2D eigenvalue weighted by Gasteiger charge is 2.42. The fraction of sp³-hybridized carbons (Fsp3) is 0.375. The Kier molecular flexibility index (Phi) is 7.38. The van der Waals surface area contributed by atoms with Crippen molar-refractivity contribution in [1.29, 1.82) is 0 Å². The highest BCUT2D eigenvalue weighted by molar-refractivity contribution is 6.30. The van der Waals surface area contributed by atoms with Crippen LogP contribution in [0, 0.1) is 11.8 Å². The molecule has 0 fully saturated rings. The summed E-state index contributed by atoms with van der Waals surface area (Å²) in [6.45, 7) is 1.33. The van der Waals surface area contributed by atoms with Gasteiger partial charge in [0.05, 0.1) is 14.2 Å². The maximum atomic E-state index is 12.2. The Labute approximate surface area is 149 Å². The van der Waals surface area contributed by atoms with Gasteiger partial charge in [-0.3, -0.25) is 14.4 Å². The molecule has 0 aliphatic heterocycles. The molecule has 1 aromatic rings. The van der Waals surface area contributed by atoms with E-state index in [-0.39, 0.29) is 5.56 Å². The number of nitrogens with one attached hydrogen (secondary N) is 1. The van der Waals surface area contributed by atoms with E-state index in [2.05, 4.69) is 14.8 Å². The van der Waals surface area contributed by atoms with Crippen molar-refractivity contribution >= 4 is 35.4 Å². The van der Waals surface area contributed by atoms with Gasteiger partial charge < -0.3 is 19.9 Å². The Morgan fingerprint density at radius 1 is 1.04 bits per heavy atom. The van der Waals surface area contributed by atoms with Crippen LogP contribution in [0.5, 0.6) is 0 Å². The first kappa shape index (κ1) is 20.4. The maximum absolute atomic E-state index is 12.2. The molecular weight excluding hydrogens is 354 g/mol. The summed E-state index contributed by atoms with van der Waals surface area (Å²) in [5.74, 6) is -6.62. The van der Waals surface area contributed by atoms with Crippen LogP contribution in [0.1, 0.15) is 17.3 Å². The predicted octanol–water partition coefficient (Wildman–Crippen LogP) is 1.12. The molecule has 0 aliphatic carbocycles. The van der Waals surface area contributed by atoms with E-state index in [9.17, 15) is 24.3 Å². The number of carboxylic acid groups (broad SMARTS) is 1. The molecule has 0 unspecified atom stereocenters. The molecular formula is C16H18ClNO7. The van der Waals surface area contributed by atoms with Crippen molar-refractivity contribution in [2.75, 3.05) is 14.2 Å². The molecule has 136 valence electrons. The van der Waals surface area contributed by atoms with Crippen molar-refractivity contribution in [1.82, 2.24) is 5.32 Å². The van der Waals surface area contributed by atoms with Crippen LogP contribution in [0.2, 0.25) is 5.02 Å². The van der Waals surface area contributed by atoms with Crippen molar-refractivity contribution in [3.8, 4) is 0 Å². The minimum Gasteiger partial charge on any atom is -0.480 e. The average molecular weight is 372 g/mol. The van der Waals surface area contributed by atoms with Crippen LogP contribution in [0.25, 0.3) is 0 Å². The molecule has 0 radical (unpaired) electrons. The van der Waals surface area contributed by atoms with Crippen LogP contribution in [0.4, 0.5) is 0 Å². The van der Waals surface area contributed by atoms with E-state index in [4.69, 9.17) is 11.6 Å². The molecule has 2 atom stereocenters. The van der Waals surface area contributed by atoms with Gasteiger partial charge in [-0.2, -0.15) is 0 Å². The van der Waals surface area contributed by atoms with Crippen LogP contribution in [-0.4, -0.2) is 49.2 Å². The molecule has 1 amide bonds. The van der Waals surface area contributed by atoms with Gasteiger partial charge in [-0.25, -0.2) is 4.79 Å². The first-order valence-electron chi connectivity index (χ1n) is 7.17. The smallest absolute Gasteiger partial charge is 0.326 e. The van der Waals surface area contributed by atoms with E-state index in [0.717, 1.165) is 14.2 Å². The van der Waals surface area contributed by atoms with Crippen molar-refractivity contribution in [2.24, 2.45) is 11.8 Å². The Morgan fingerprint density at radius 2 is 1.52 bits per heavy atom. The standard InChI is InChI=1S/C16H18ClNO7/c1-8(11(15(22)24-2)16(23)25-3)12(14(20)21)18-13(19)9-4-6-10(17)7-5-9/h4-8,11-12H,1-3H3,(H,18,19)(H,20,21)/t8-,12+/m1/s1. The second-order valence-corrected chi connectivity index (χ2v) is 5.62. The molecule has 0 aliphatic rings. The molecule has 0 spiro atoms. The zero-order valence-corrected chi connectivity index (χ0v) is 14.6. The number of aliphatic carboxylic acids is 1. The highest BCUT2D eigenvalue weighted by atomic mass is 35.5. The lowest BCUT2D eigenvalue weighted by Crippen LogP contribution is -2.50. The van der Waals surface area contributed by atoms with E-state index in [1.54, 1.807) is 0 Å². The number of hydrogen-bond donors (Lipinski definition) is 2. The molecule has 1 aromatic carbocycles. The zero-order chi connectivity index (χ0) is 19.1. The van der Waals surface area contributed by atoms with E-state index in [1.165, 1.54) is 31.2 Å². The SMILES string of the molecule is COC(=O)C(C(=O)OC)[C@@H](C)[C@H](NC(=O)c1ccc(Cl)cc1)C(=O)O. The molecule has 0 saturated carbocycles. The molecule has 1 rings (SSSR count). The Hall–Kier alpha value is -2.61. The normalized spacial score (nSPS) is 12.8. The monoisotopic (exact) mass is 371 g/mol. The number of ether oxygens (including phenoxy) is 2. The van der Waals surface area contributed by atoms with Gasteiger partial charge in [0.15, 0.2) is 5.92 Å². The Balaban J connectivity index is 3.06. The highest BCUT2D eigenvalue weighted by Crippen LogP contribution is 2.20. The van der Waals surface area contributed by atoms with Crippen LogP contribution in [0.3, 0.4) is 0 Å². The first-order chi connectivity index (χ1) is 11.7. The second kappa shape index (κ2) is 9.03. The minimum atomic E-state index is -1.52. The molecule has 25 heavy (non-hydrogen) atoms. The number of rotatable bonds is 7. The largest absolute Gasteiger partial charge is 0.480 e. The summed E-state index contributed by atoms with van der Waals surface area (Å²) >= 11 is 5.74. The van der Waals surface area contributed by atoms with Gasteiger partial charge >= 0.3 is 17.9 Å². The molecule has 0 aromatic heterocycles. The zero-order valence-electron chi connectivity index (χ0n) is 13.8. The van der Waals surface area contributed by atoms with Gasteiger partial charge in [-0.1, -0.05) is 18.5 Å². The summed E-state index contributed by atoms with van der Waals surface area (Å²) in [5, 5.41) is 12.1. The third-order valence-electron chi connectivity index (χ3n) is 3.62. The van der Waals surface area contributed by atoms with Gasteiger partial charge in [-0.05, 0) is 24.3 Å². The van der Waals surface area contributed by atoms with Gasteiger partial charge in [0, 0.05) is 16.5 Å². The Bertz CT molecular complexity index is 643. The molecule has 8 nitrogen and oxygen atoms in total. The van der Waals surface area contributed by atoms with Crippen LogP contribution in [0.15, 0.2) is 24.3 Å². The van der Waals surface area contributed by atoms with Gasteiger partial charge in [0.1, 0.15) is 6.04 Å². The van der Waals surface area contributed by atoms with Crippen molar-refractivity contribution in [3.05, 3.63) is 34.9 Å². The topological polar surface area (TPSA) is 119 Å². The van der Waals surface area contributed by atoms with Crippen LogP contribution >= 0.6 is 11.6 Å². The number of halogens is 1. The summed E-state index contributed by atoms with van der Waals surface area (Å²) in [4.78, 5) is 47.4. The van der Waals surface area contributed by atoms with Crippen LogP contribution < -0.4 is 5.32 Å². The number of carboxylic acids is 1. The van der Waals surface area contributed by atoms with E-state index in [1.807, 2.05) is 0 Å². The van der Waals surface area contributed by atoms with Crippen molar-refractivity contribution < 1.29 is 33.8 Å². The maximum Gasteiger partial charge on any atom is 0.326 e. The van der Waals surface area contributed by atoms with Crippen LogP contribution in [-0.2, 0) is 23.9 Å². The summed E-state index contributed by atoms with van der Waals surface area (Å²) in [7, 11) is 2.13. The number of carbonyl (C=O) groups excluding carboxylic acids is 3. The Morgan fingerprint density at radius 3 is 1.92 bits per heavy atom. The minimum absolute atomic E-state index is 0.176. The number of methoxy groups -OCH3 is 2. The number of hydrogen-bond acceptors (Lipinski definition) is 6. The summed E-state index contributed by atoms with van der Waals surface area (Å²) in [6, 6.07) is 4.26. The lowest BCUT2D eigenvalue weighted by molar-refractivity contribution is -0.162. The average Bonchev–Trinajstić information content (AvgIpc) is 2.59. The quantitative estimate of drug-likeness (QED) is 0.544. The lowest BCUT2D eigenvalue weighted by Gasteiger charge is -2.26. The number of esters is 2. The molecule has 9 heteroatoms. The molecule has 0 heterocycles. The lowest BCUT2D eigenvalue weighted by atomic mass is 9.87. The van der Waals surface area contributed by atoms with E-state index < -0.39 is 41.7 Å². The number of carbonyl (C=O) groups is 4. The van der Waals surface area contributed by atoms with Gasteiger partial charge in [-0.15, -0.1) is 0 Å².